The van der Waals surface area contributed by atoms with Gasteiger partial charge in [-0.05, 0) is 50.8 Å². The molecule has 0 aromatic heterocycles. The Morgan fingerprint density at radius 2 is 2.08 bits per heavy atom. The first kappa shape index (κ1) is 8.06. The molecule has 0 amide bonds. The lowest BCUT2D eigenvalue weighted by Gasteiger charge is -2.19. The standard InChI is InChI=1S/C11H17N/c1-2-5-11-7-9-12-8-3-6-10(11)4-1/h2,5,12H,1,3-4,6-9H2. The van der Waals surface area contributed by atoms with Crippen molar-refractivity contribution in [2.75, 3.05) is 13.1 Å². The van der Waals surface area contributed by atoms with Crippen LogP contribution in [0.2, 0.25) is 0 Å². The van der Waals surface area contributed by atoms with Crippen LogP contribution >= 0.6 is 0 Å². The molecule has 0 unspecified atom stereocenters. The number of hydrogen-bond acceptors (Lipinski definition) is 1. The van der Waals surface area contributed by atoms with E-state index in [1.165, 1.54) is 45.2 Å². The van der Waals surface area contributed by atoms with Crippen LogP contribution in [0.1, 0.15) is 32.1 Å². The highest BCUT2D eigenvalue weighted by Gasteiger charge is 2.09. The monoisotopic (exact) mass is 163 g/mol. The molecule has 0 spiro atoms. The van der Waals surface area contributed by atoms with E-state index in [1.54, 1.807) is 11.1 Å². The fraction of sp³-hybridized carbons (Fsp3) is 0.636. The molecule has 1 heteroatoms. The van der Waals surface area contributed by atoms with Gasteiger partial charge in [-0.1, -0.05) is 17.7 Å². The zero-order valence-electron chi connectivity index (χ0n) is 7.60. The molecule has 0 saturated heterocycles. The van der Waals surface area contributed by atoms with Crippen LogP contribution in [0, 0.1) is 0 Å². The first-order chi connectivity index (χ1) is 5.97. The molecule has 2 rings (SSSR count). The number of hydrogen-bond donors (Lipinski definition) is 1. The second-order valence-electron chi connectivity index (χ2n) is 3.67. The average molecular weight is 163 g/mol. The summed E-state index contributed by atoms with van der Waals surface area (Å²) in [5.74, 6) is 0. The third kappa shape index (κ3) is 1.78. The number of allylic oxidation sites excluding steroid dienone is 3. The van der Waals surface area contributed by atoms with Gasteiger partial charge in [0.1, 0.15) is 0 Å². The Bertz CT molecular complexity index is 213. The van der Waals surface area contributed by atoms with Crippen LogP contribution in [-0.2, 0) is 0 Å². The molecule has 0 aromatic carbocycles. The van der Waals surface area contributed by atoms with Gasteiger partial charge in [0.05, 0.1) is 0 Å². The van der Waals surface area contributed by atoms with Gasteiger partial charge in [0.15, 0.2) is 0 Å². The normalized spacial score (nSPS) is 24.7. The van der Waals surface area contributed by atoms with E-state index in [2.05, 4.69) is 17.5 Å². The van der Waals surface area contributed by atoms with Crippen LogP contribution in [-0.4, -0.2) is 13.1 Å². The van der Waals surface area contributed by atoms with Crippen LogP contribution in [0.25, 0.3) is 0 Å². The number of nitrogens with one attached hydrogen (secondary N) is 1. The van der Waals surface area contributed by atoms with E-state index in [9.17, 15) is 0 Å². The molecule has 0 radical (unpaired) electrons. The highest BCUT2D eigenvalue weighted by molar-refractivity contribution is 5.30. The van der Waals surface area contributed by atoms with E-state index in [4.69, 9.17) is 0 Å². The molecule has 0 fully saturated rings. The molecule has 0 aromatic rings. The molecule has 1 heterocycles. The third-order valence-corrected chi connectivity index (χ3v) is 2.79. The van der Waals surface area contributed by atoms with E-state index in [-0.39, 0.29) is 0 Å². The topological polar surface area (TPSA) is 12.0 Å². The lowest BCUT2D eigenvalue weighted by Crippen LogP contribution is -2.20. The average Bonchev–Trinajstić information content (AvgIpc) is 2.06. The smallest absolute Gasteiger partial charge is 0.000837 e. The third-order valence-electron chi connectivity index (χ3n) is 2.79. The van der Waals surface area contributed by atoms with Gasteiger partial charge in [0.25, 0.3) is 0 Å². The Morgan fingerprint density at radius 1 is 1.08 bits per heavy atom. The maximum Gasteiger partial charge on any atom is -0.000837 e. The zero-order valence-corrected chi connectivity index (χ0v) is 7.60. The van der Waals surface area contributed by atoms with Gasteiger partial charge in [0, 0.05) is 0 Å². The fourth-order valence-electron chi connectivity index (χ4n) is 2.08. The minimum absolute atomic E-state index is 1.17. The van der Waals surface area contributed by atoms with Crippen molar-refractivity contribution in [2.24, 2.45) is 0 Å². The van der Waals surface area contributed by atoms with Crippen molar-refractivity contribution >= 4 is 0 Å². The zero-order chi connectivity index (χ0) is 8.23. The molecule has 1 N–H and O–H groups in total. The summed E-state index contributed by atoms with van der Waals surface area (Å²) in [7, 11) is 0. The van der Waals surface area contributed by atoms with E-state index in [0.29, 0.717) is 0 Å². The minimum atomic E-state index is 1.17. The van der Waals surface area contributed by atoms with Crippen LogP contribution in [0.5, 0.6) is 0 Å². The molecule has 66 valence electrons. The van der Waals surface area contributed by atoms with Gasteiger partial charge in [-0.15, -0.1) is 0 Å². The molecule has 0 saturated carbocycles. The van der Waals surface area contributed by atoms with Crippen molar-refractivity contribution in [3.63, 3.8) is 0 Å². The van der Waals surface area contributed by atoms with Crippen molar-refractivity contribution in [1.82, 2.24) is 5.32 Å². The van der Waals surface area contributed by atoms with Gasteiger partial charge in [-0.25, -0.2) is 0 Å². The van der Waals surface area contributed by atoms with Gasteiger partial charge < -0.3 is 5.32 Å². The predicted octanol–water partition coefficient (Wildman–Crippen LogP) is 2.41. The quantitative estimate of drug-likeness (QED) is 0.578. The summed E-state index contributed by atoms with van der Waals surface area (Å²) < 4.78 is 0. The van der Waals surface area contributed by atoms with Crippen molar-refractivity contribution in [3.05, 3.63) is 23.3 Å². The molecule has 0 atom stereocenters. The van der Waals surface area contributed by atoms with Crippen molar-refractivity contribution in [1.29, 1.82) is 0 Å². The Labute approximate surface area is 74.5 Å². The van der Waals surface area contributed by atoms with Crippen molar-refractivity contribution in [3.8, 4) is 0 Å². The van der Waals surface area contributed by atoms with E-state index in [1.807, 2.05) is 0 Å². The first-order valence-corrected chi connectivity index (χ1v) is 5.05. The maximum absolute atomic E-state index is 3.45. The summed E-state index contributed by atoms with van der Waals surface area (Å²) in [4.78, 5) is 0. The summed E-state index contributed by atoms with van der Waals surface area (Å²) in [6.45, 7) is 2.38. The highest BCUT2D eigenvalue weighted by atomic mass is 14.8. The maximum atomic E-state index is 3.45. The van der Waals surface area contributed by atoms with E-state index >= 15 is 0 Å². The second kappa shape index (κ2) is 3.90. The number of rotatable bonds is 0. The fourth-order valence-corrected chi connectivity index (χ4v) is 2.08. The van der Waals surface area contributed by atoms with Gasteiger partial charge in [-0.3, -0.25) is 0 Å². The van der Waals surface area contributed by atoms with E-state index in [0.717, 1.165) is 0 Å². The summed E-state index contributed by atoms with van der Waals surface area (Å²) in [5, 5.41) is 3.45. The SMILES string of the molecule is C1=CC2=C(CC1)CCCNCC2. The van der Waals surface area contributed by atoms with E-state index < -0.39 is 0 Å². The molecule has 12 heavy (non-hydrogen) atoms. The molecule has 0 bridgehead atoms. The Morgan fingerprint density at radius 3 is 3.08 bits per heavy atom. The summed E-state index contributed by atoms with van der Waals surface area (Å²) in [6.07, 6.45) is 11.1. The Kier molecular flexibility index (Phi) is 2.62. The summed E-state index contributed by atoms with van der Waals surface area (Å²) in [6, 6.07) is 0. The lowest BCUT2D eigenvalue weighted by atomic mass is 9.91. The molecular formula is C11H17N. The molecule has 1 aliphatic heterocycles. The molecule has 1 aliphatic carbocycles. The summed E-state index contributed by atoms with van der Waals surface area (Å²) in [5.41, 5.74) is 3.35. The van der Waals surface area contributed by atoms with Crippen LogP contribution in [0.15, 0.2) is 23.3 Å². The minimum Gasteiger partial charge on any atom is -0.316 e. The summed E-state index contributed by atoms with van der Waals surface area (Å²) >= 11 is 0. The van der Waals surface area contributed by atoms with Crippen molar-refractivity contribution < 1.29 is 0 Å². The van der Waals surface area contributed by atoms with Crippen LogP contribution < -0.4 is 5.32 Å². The van der Waals surface area contributed by atoms with Gasteiger partial charge >= 0.3 is 0 Å². The van der Waals surface area contributed by atoms with Crippen LogP contribution in [0.3, 0.4) is 0 Å². The van der Waals surface area contributed by atoms with Crippen LogP contribution in [0.4, 0.5) is 0 Å². The molecular weight excluding hydrogens is 146 g/mol. The molecule has 2 aliphatic rings. The highest BCUT2D eigenvalue weighted by Crippen LogP contribution is 2.25. The van der Waals surface area contributed by atoms with Gasteiger partial charge in [0.2, 0.25) is 0 Å². The molecule has 1 nitrogen and oxygen atoms in total. The lowest BCUT2D eigenvalue weighted by molar-refractivity contribution is 0.611. The van der Waals surface area contributed by atoms with Gasteiger partial charge in [-0.2, -0.15) is 0 Å². The predicted molar refractivity (Wildman–Crippen MR) is 52.1 cm³/mol. The van der Waals surface area contributed by atoms with Crippen molar-refractivity contribution in [2.45, 2.75) is 32.1 Å². The Balaban J connectivity index is 2.12. The second-order valence-corrected chi connectivity index (χ2v) is 3.67. The Hall–Kier alpha value is -0.560. The largest absolute Gasteiger partial charge is 0.316 e. The first-order valence-electron chi connectivity index (χ1n) is 5.05.